The Balaban J connectivity index is 1.69. The third-order valence-corrected chi connectivity index (χ3v) is 7.15. The number of carboxylic acid groups (broad SMARTS) is 1. The van der Waals surface area contributed by atoms with Crippen molar-refractivity contribution in [1.29, 1.82) is 0 Å². The van der Waals surface area contributed by atoms with Gasteiger partial charge in [-0.05, 0) is 94.9 Å². The number of ether oxygens (including phenoxy) is 2. The van der Waals surface area contributed by atoms with Crippen molar-refractivity contribution >= 4 is 63.2 Å². The summed E-state index contributed by atoms with van der Waals surface area (Å²) in [6.45, 7) is 2.69. The molecule has 3 aromatic rings. The molecule has 4 rings (SSSR count). The fraction of sp³-hybridized carbons (Fsp3) is 0.138. The van der Waals surface area contributed by atoms with Gasteiger partial charge in [-0.15, -0.1) is 6.42 Å². The van der Waals surface area contributed by atoms with Crippen molar-refractivity contribution in [3.8, 4) is 23.8 Å². The molecule has 0 atom stereocenters. The van der Waals surface area contributed by atoms with E-state index in [4.69, 9.17) is 20.9 Å². The number of hydrogen-bond donors (Lipinski definition) is 1. The summed E-state index contributed by atoms with van der Waals surface area (Å²) in [6.07, 6.45) is 7.15. The van der Waals surface area contributed by atoms with E-state index in [9.17, 15) is 14.7 Å². The Hall–Kier alpha value is -3.75. The first kappa shape index (κ1) is 27.3. The lowest BCUT2D eigenvalue weighted by atomic mass is 10.1. The van der Waals surface area contributed by atoms with Crippen LogP contribution in [0.15, 0.2) is 76.6 Å². The van der Waals surface area contributed by atoms with Gasteiger partial charge in [-0.3, -0.25) is 9.69 Å². The van der Waals surface area contributed by atoms with Crippen LogP contribution in [0.5, 0.6) is 11.5 Å². The van der Waals surface area contributed by atoms with Crippen LogP contribution >= 0.6 is 34.4 Å². The molecule has 0 saturated carbocycles. The van der Waals surface area contributed by atoms with Crippen molar-refractivity contribution in [3.05, 3.63) is 91.9 Å². The van der Waals surface area contributed by atoms with E-state index in [-0.39, 0.29) is 24.6 Å². The number of carbonyl (C=O) groups excluding carboxylic acids is 1. The van der Waals surface area contributed by atoms with Crippen LogP contribution in [0.4, 0.5) is 5.69 Å². The number of amidine groups is 1. The molecule has 0 unspecified atom stereocenters. The van der Waals surface area contributed by atoms with E-state index in [1.165, 1.54) is 23.9 Å². The summed E-state index contributed by atoms with van der Waals surface area (Å²) in [5.41, 5.74) is 2.46. The highest BCUT2D eigenvalue weighted by Gasteiger charge is 2.33. The minimum Gasteiger partial charge on any atom is -0.490 e. The van der Waals surface area contributed by atoms with Crippen molar-refractivity contribution in [2.24, 2.45) is 4.99 Å². The third-order valence-electron chi connectivity index (χ3n) is 5.34. The van der Waals surface area contributed by atoms with Crippen molar-refractivity contribution in [1.82, 2.24) is 4.90 Å². The van der Waals surface area contributed by atoms with Crippen LogP contribution in [0.1, 0.15) is 28.4 Å². The summed E-state index contributed by atoms with van der Waals surface area (Å²) in [5, 5.41) is 9.73. The maximum Gasteiger partial charge on any atom is 0.335 e. The predicted molar refractivity (Wildman–Crippen MR) is 158 cm³/mol. The molecule has 0 radical (unpaired) electrons. The molecule has 0 aromatic heterocycles. The number of aromatic carboxylic acids is 1. The van der Waals surface area contributed by atoms with Gasteiger partial charge in [0.15, 0.2) is 16.7 Å². The SMILES string of the molecule is C#CCOc1c(I)cc(/C=C2\SC(=Nc3ccccc3)N(Cc3ccc(C(=O)O)cc3)C2=O)cc1OCC. The molecule has 1 N–H and O–H groups in total. The highest BCUT2D eigenvalue weighted by atomic mass is 127. The van der Waals surface area contributed by atoms with Gasteiger partial charge in [-0.25, -0.2) is 9.79 Å². The summed E-state index contributed by atoms with van der Waals surface area (Å²) in [4.78, 5) is 31.6. The molecule has 0 bridgehead atoms. The molecule has 0 aliphatic carbocycles. The smallest absolute Gasteiger partial charge is 0.335 e. The van der Waals surface area contributed by atoms with Gasteiger partial charge in [0.2, 0.25) is 0 Å². The van der Waals surface area contributed by atoms with Crippen LogP contribution in [-0.4, -0.2) is 40.3 Å². The van der Waals surface area contributed by atoms with E-state index in [2.05, 4.69) is 28.5 Å². The van der Waals surface area contributed by atoms with Gasteiger partial charge in [0.25, 0.3) is 5.91 Å². The van der Waals surface area contributed by atoms with Crippen LogP contribution < -0.4 is 9.47 Å². The molecular formula is C29H23IN2O5S. The Morgan fingerprint density at radius 2 is 1.89 bits per heavy atom. The Kier molecular flexibility index (Phi) is 9.10. The molecule has 192 valence electrons. The number of thioether (sulfide) groups is 1. The number of benzene rings is 3. The third kappa shape index (κ3) is 6.57. The van der Waals surface area contributed by atoms with Crippen molar-refractivity contribution in [3.63, 3.8) is 0 Å². The van der Waals surface area contributed by atoms with E-state index in [0.29, 0.717) is 28.2 Å². The lowest BCUT2D eigenvalue weighted by molar-refractivity contribution is -0.122. The van der Waals surface area contributed by atoms with Crippen LogP contribution in [0.25, 0.3) is 6.08 Å². The van der Waals surface area contributed by atoms with Crippen molar-refractivity contribution < 1.29 is 24.2 Å². The summed E-state index contributed by atoms with van der Waals surface area (Å²) < 4.78 is 12.3. The number of terminal acetylenes is 1. The van der Waals surface area contributed by atoms with E-state index < -0.39 is 5.97 Å². The minimum atomic E-state index is -1.00. The molecular weight excluding hydrogens is 615 g/mol. The van der Waals surface area contributed by atoms with Crippen molar-refractivity contribution in [2.75, 3.05) is 13.2 Å². The van der Waals surface area contributed by atoms with Gasteiger partial charge < -0.3 is 14.6 Å². The van der Waals surface area contributed by atoms with Gasteiger partial charge >= 0.3 is 5.97 Å². The van der Waals surface area contributed by atoms with E-state index in [1.54, 1.807) is 23.1 Å². The van der Waals surface area contributed by atoms with E-state index in [1.807, 2.05) is 49.4 Å². The quantitative estimate of drug-likeness (QED) is 0.171. The van der Waals surface area contributed by atoms with E-state index in [0.717, 1.165) is 20.4 Å². The highest BCUT2D eigenvalue weighted by molar-refractivity contribution is 14.1. The Labute approximate surface area is 238 Å². The highest BCUT2D eigenvalue weighted by Crippen LogP contribution is 2.38. The molecule has 9 heteroatoms. The Bertz CT molecular complexity index is 1450. The second-order valence-corrected chi connectivity index (χ2v) is 10.2. The van der Waals surface area contributed by atoms with Gasteiger partial charge in [0.1, 0.15) is 6.61 Å². The molecule has 3 aromatic carbocycles. The number of nitrogens with zero attached hydrogens (tertiary/aromatic N) is 2. The normalized spacial score (nSPS) is 15.1. The maximum atomic E-state index is 13.6. The first-order chi connectivity index (χ1) is 18.4. The number of hydrogen-bond acceptors (Lipinski definition) is 6. The first-order valence-corrected chi connectivity index (χ1v) is 13.5. The zero-order chi connectivity index (χ0) is 27.1. The standard InChI is InChI=1S/C29H23IN2O5S/c1-3-14-37-26-23(30)15-20(16-24(26)36-4-2)17-25-27(33)32(18-19-10-12-21(13-11-19)28(34)35)29(38-25)31-22-8-6-5-7-9-22/h1,5-13,15-17H,4,14,18H2,2H3,(H,34,35)/b25-17-,31-29?. The largest absolute Gasteiger partial charge is 0.490 e. The molecule has 1 saturated heterocycles. The number of aliphatic imine (C=N–C) groups is 1. The molecule has 1 fully saturated rings. The van der Waals surface area contributed by atoms with Crippen LogP contribution in [0.2, 0.25) is 0 Å². The van der Waals surface area contributed by atoms with Gasteiger partial charge in [0.05, 0.1) is 32.9 Å². The maximum absolute atomic E-state index is 13.6. The number of carbonyl (C=O) groups is 2. The summed E-state index contributed by atoms with van der Waals surface area (Å²) in [6, 6.07) is 19.6. The average molecular weight is 638 g/mol. The van der Waals surface area contributed by atoms with Crippen LogP contribution in [0.3, 0.4) is 0 Å². The zero-order valence-electron chi connectivity index (χ0n) is 20.4. The van der Waals surface area contributed by atoms with Gasteiger partial charge in [-0.1, -0.05) is 36.3 Å². The number of amides is 1. The van der Waals surface area contributed by atoms with Crippen LogP contribution in [-0.2, 0) is 11.3 Å². The summed E-state index contributed by atoms with van der Waals surface area (Å²) in [7, 11) is 0. The van der Waals surface area contributed by atoms with Gasteiger partial charge in [-0.2, -0.15) is 0 Å². The fourth-order valence-corrected chi connectivity index (χ4v) is 5.40. The number of rotatable bonds is 9. The van der Waals surface area contributed by atoms with Crippen LogP contribution in [0, 0.1) is 15.9 Å². The monoisotopic (exact) mass is 638 g/mol. The second-order valence-electron chi connectivity index (χ2n) is 7.99. The molecule has 1 amide bonds. The Morgan fingerprint density at radius 3 is 2.55 bits per heavy atom. The first-order valence-electron chi connectivity index (χ1n) is 11.6. The minimum absolute atomic E-state index is 0.118. The molecule has 1 heterocycles. The fourth-order valence-electron chi connectivity index (χ4n) is 3.62. The predicted octanol–water partition coefficient (Wildman–Crippen LogP) is 6.20. The van der Waals surface area contributed by atoms with Gasteiger partial charge in [0, 0.05) is 0 Å². The zero-order valence-corrected chi connectivity index (χ0v) is 23.4. The number of halogens is 1. The van der Waals surface area contributed by atoms with Crippen molar-refractivity contribution in [2.45, 2.75) is 13.5 Å². The lowest BCUT2D eigenvalue weighted by Gasteiger charge is -2.16. The topological polar surface area (TPSA) is 88.4 Å². The molecule has 0 spiro atoms. The molecule has 1 aliphatic rings. The summed E-state index contributed by atoms with van der Waals surface area (Å²) in [5.74, 6) is 2.37. The molecule has 38 heavy (non-hydrogen) atoms. The number of carboxylic acids is 1. The Morgan fingerprint density at radius 1 is 1.16 bits per heavy atom. The lowest BCUT2D eigenvalue weighted by Crippen LogP contribution is -2.28. The van der Waals surface area contributed by atoms with E-state index >= 15 is 0 Å². The summed E-state index contributed by atoms with van der Waals surface area (Å²) >= 11 is 3.44. The number of para-hydroxylation sites is 1. The molecule has 1 aliphatic heterocycles. The second kappa shape index (κ2) is 12.7. The molecule has 7 nitrogen and oxygen atoms in total. The average Bonchev–Trinajstić information content (AvgIpc) is 3.18.